The summed E-state index contributed by atoms with van der Waals surface area (Å²) in [6, 6.07) is 0. The molecule has 17 heavy (non-hydrogen) atoms. The third-order valence-electron chi connectivity index (χ3n) is 1.68. The summed E-state index contributed by atoms with van der Waals surface area (Å²) in [6.45, 7) is -0.0462. The van der Waals surface area contributed by atoms with Crippen molar-refractivity contribution in [2.75, 3.05) is 5.88 Å². The molecule has 0 aliphatic rings. The highest BCUT2D eigenvalue weighted by Gasteiger charge is 2.23. The van der Waals surface area contributed by atoms with Gasteiger partial charge >= 0.3 is 13.6 Å². The van der Waals surface area contributed by atoms with Crippen molar-refractivity contribution in [1.82, 2.24) is 9.55 Å². The van der Waals surface area contributed by atoms with E-state index in [1.54, 1.807) is 0 Å². The summed E-state index contributed by atoms with van der Waals surface area (Å²) in [4.78, 5) is 30.3. The van der Waals surface area contributed by atoms with E-state index in [9.17, 15) is 14.7 Å². The third-order valence-corrected chi connectivity index (χ3v) is 2.60. The smallest absolute Gasteiger partial charge is 0.358 e. The van der Waals surface area contributed by atoms with Gasteiger partial charge in [-0.2, -0.15) is 0 Å². The summed E-state index contributed by atoms with van der Waals surface area (Å²) in [7, 11) is -4.64. The molecule has 0 aliphatic heterocycles. The Morgan fingerprint density at radius 2 is 2.35 bits per heavy atom. The summed E-state index contributed by atoms with van der Waals surface area (Å²) in [5.41, 5.74) is 0. The highest BCUT2D eigenvalue weighted by atomic mass is 35.5. The largest absolute Gasteiger partial charge is 0.469 e. The van der Waals surface area contributed by atoms with Crippen LogP contribution in [0.25, 0.3) is 0 Å². The molecule has 0 unspecified atom stereocenters. The van der Waals surface area contributed by atoms with Gasteiger partial charge in [0.25, 0.3) is 0 Å². The Kier molecular flexibility index (Phi) is 4.61. The Morgan fingerprint density at radius 1 is 1.71 bits per heavy atom. The number of imidazole rings is 1. The van der Waals surface area contributed by atoms with Crippen molar-refractivity contribution in [1.29, 1.82) is 0 Å². The van der Waals surface area contributed by atoms with E-state index in [2.05, 4.69) is 9.51 Å². The van der Waals surface area contributed by atoms with Crippen molar-refractivity contribution < 1.29 is 23.8 Å². The van der Waals surface area contributed by atoms with Crippen LogP contribution in [0.4, 0.5) is 5.82 Å². The van der Waals surface area contributed by atoms with Crippen LogP contribution in [-0.2, 0) is 15.6 Å². The zero-order valence-corrected chi connectivity index (χ0v) is 9.99. The Labute approximate surface area is 100 Å². The zero-order chi connectivity index (χ0) is 13.1. The van der Waals surface area contributed by atoms with E-state index in [1.807, 2.05) is 0 Å². The zero-order valence-electron chi connectivity index (χ0n) is 8.34. The van der Waals surface area contributed by atoms with Gasteiger partial charge in [-0.1, -0.05) is 0 Å². The van der Waals surface area contributed by atoms with Crippen LogP contribution in [0.1, 0.15) is 0 Å². The van der Waals surface area contributed by atoms with Gasteiger partial charge in [0.2, 0.25) is 6.33 Å². The number of nitro groups is 1. The van der Waals surface area contributed by atoms with Gasteiger partial charge in [0, 0.05) is 0 Å². The van der Waals surface area contributed by atoms with Crippen molar-refractivity contribution in [2.24, 2.45) is 0 Å². The first kappa shape index (κ1) is 14.1. The lowest BCUT2D eigenvalue weighted by Crippen LogP contribution is -2.20. The first-order valence-electron chi connectivity index (χ1n) is 4.28. The maximum Gasteiger partial charge on any atom is 0.469 e. The molecule has 0 saturated carbocycles. The SMILES string of the molecule is O=[N+]([O-])c1cn(C[C@@H](CCl)OP(=O)(O)O)cn1. The van der Waals surface area contributed by atoms with Gasteiger partial charge < -0.3 is 24.5 Å². The van der Waals surface area contributed by atoms with Gasteiger partial charge in [-0.05, 0) is 9.91 Å². The molecule has 0 spiro atoms. The van der Waals surface area contributed by atoms with Gasteiger partial charge in [-0.3, -0.25) is 4.52 Å². The second-order valence-electron chi connectivity index (χ2n) is 3.06. The van der Waals surface area contributed by atoms with Gasteiger partial charge in [0.05, 0.1) is 12.4 Å². The molecule has 0 aliphatic carbocycles. The standard InChI is InChI=1S/C6H9ClN3O6P/c7-1-5(16-17(13,14)15)2-9-3-6(8-4-9)10(11)12/h3-5H,1-2H2,(H2,13,14,15)/t5-/m1/s1. The molecule has 1 aromatic heterocycles. The maximum atomic E-state index is 10.6. The molecule has 0 bridgehead atoms. The van der Waals surface area contributed by atoms with E-state index in [1.165, 1.54) is 4.57 Å². The van der Waals surface area contributed by atoms with E-state index in [-0.39, 0.29) is 18.2 Å². The third kappa shape index (κ3) is 4.80. The molecular weight excluding hydrogens is 277 g/mol. The molecular formula is C6H9ClN3O6P. The predicted molar refractivity (Wildman–Crippen MR) is 56.5 cm³/mol. The molecule has 0 radical (unpaired) electrons. The van der Waals surface area contributed by atoms with Gasteiger partial charge in [0.1, 0.15) is 12.3 Å². The number of hydrogen-bond acceptors (Lipinski definition) is 5. The quantitative estimate of drug-likeness (QED) is 0.337. The van der Waals surface area contributed by atoms with Crippen LogP contribution in [0, 0.1) is 10.1 Å². The molecule has 1 aromatic rings. The molecule has 0 amide bonds. The maximum absolute atomic E-state index is 10.6. The average molecular weight is 286 g/mol. The van der Waals surface area contributed by atoms with Crippen molar-refractivity contribution >= 4 is 25.2 Å². The molecule has 11 heteroatoms. The Morgan fingerprint density at radius 3 is 2.76 bits per heavy atom. The van der Waals surface area contributed by atoms with E-state index >= 15 is 0 Å². The molecule has 9 nitrogen and oxygen atoms in total. The van der Waals surface area contributed by atoms with E-state index in [4.69, 9.17) is 21.4 Å². The number of phosphoric acid groups is 1. The van der Waals surface area contributed by atoms with Crippen LogP contribution in [0.3, 0.4) is 0 Å². The van der Waals surface area contributed by atoms with Gasteiger partial charge in [-0.15, -0.1) is 11.6 Å². The monoisotopic (exact) mass is 285 g/mol. The fraction of sp³-hybridized carbons (Fsp3) is 0.500. The number of phosphoric ester groups is 1. The fourth-order valence-electron chi connectivity index (χ4n) is 1.08. The van der Waals surface area contributed by atoms with Crippen molar-refractivity contribution in [3.63, 3.8) is 0 Å². The molecule has 1 heterocycles. The van der Waals surface area contributed by atoms with Crippen LogP contribution < -0.4 is 0 Å². The van der Waals surface area contributed by atoms with Crippen LogP contribution in [-0.4, -0.2) is 36.2 Å². The summed E-state index contributed by atoms with van der Waals surface area (Å²) < 4.78 is 16.2. The average Bonchev–Trinajstić information content (AvgIpc) is 2.63. The van der Waals surface area contributed by atoms with Gasteiger partial charge in [-0.25, -0.2) is 4.57 Å². The second kappa shape index (κ2) is 5.56. The minimum Gasteiger partial charge on any atom is -0.358 e. The van der Waals surface area contributed by atoms with Crippen molar-refractivity contribution in [3.8, 4) is 0 Å². The highest BCUT2D eigenvalue weighted by molar-refractivity contribution is 7.46. The number of halogens is 1. The summed E-state index contributed by atoms with van der Waals surface area (Å²) in [5.74, 6) is -0.536. The normalized spacial score (nSPS) is 13.6. The molecule has 96 valence electrons. The van der Waals surface area contributed by atoms with E-state index in [0.717, 1.165) is 12.5 Å². The molecule has 1 rings (SSSR count). The first-order valence-corrected chi connectivity index (χ1v) is 6.34. The Balaban J connectivity index is 2.67. The summed E-state index contributed by atoms with van der Waals surface area (Å²) in [6.07, 6.45) is 1.30. The minimum atomic E-state index is -4.64. The minimum absolute atomic E-state index is 0.0462. The van der Waals surface area contributed by atoms with Crippen LogP contribution >= 0.6 is 19.4 Å². The number of rotatable bonds is 6. The van der Waals surface area contributed by atoms with Gasteiger partial charge in [0.15, 0.2) is 0 Å². The van der Waals surface area contributed by atoms with Crippen LogP contribution in [0.5, 0.6) is 0 Å². The molecule has 2 N–H and O–H groups in total. The number of nitrogens with zero attached hydrogens (tertiary/aromatic N) is 3. The van der Waals surface area contributed by atoms with Crippen LogP contribution in [0.2, 0.25) is 0 Å². The topological polar surface area (TPSA) is 128 Å². The van der Waals surface area contributed by atoms with E-state index in [0.29, 0.717) is 0 Å². The van der Waals surface area contributed by atoms with E-state index < -0.39 is 18.8 Å². The molecule has 0 saturated heterocycles. The number of alkyl halides is 1. The predicted octanol–water partition coefficient (Wildman–Crippen LogP) is 0.508. The number of hydrogen-bond donors (Lipinski definition) is 2. The lowest BCUT2D eigenvalue weighted by atomic mass is 10.4. The Hall–Kier alpha value is -0.990. The lowest BCUT2D eigenvalue weighted by molar-refractivity contribution is -0.389. The van der Waals surface area contributed by atoms with Crippen molar-refractivity contribution in [2.45, 2.75) is 12.6 Å². The summed E-state index contributed by atoms with van der Waals surface area (Å²) >= 11 is 5.46. The molecule has 0 aromatic carbocycles. The number of aromatic nitrogens is 2. The second-order valence-corrected chi connectivity index (χ2v) is 4.56. The van der Waals surface area contributed by atoms with Crippen LogP contribution in [0.15, 0.2) is 12.5 Å². The summed E-state index contributed by atoms with van der Waals surface area (Å²) in [5, 5.41) is 10.3. The lowest BCUT2D eigenvalue weighted by Gasteiger charge is -2.15. The first-order chi connectivity index (χ1) is 7.81. The highest BCUT2D eigenvalue weighted by Crippen LogP contribution is 2.38. The molecule has 0 fully saturated rings. The molecule has 1 atom stereocenters. The fourth-order valence-corrected chi connectivity index (χ4v) is 1.86. The Bertz CT molecular complexity index is 445. The van der Waals surface area contributed by atoms with Crippen molar-refractivity contribution in [3.05, 3.63) is 22.6 Å².